The Bertz CT molecular complexity index is 572. The zero-order valence-corrected chi connectivity index (χ0v) is 10.5. The number of furan rings is 1. The standard InChI is InChI=1S/C12H12N2O3S/c1-2-7-6-8(10(13)15)12(18-7)14-11(16)9-4-3-5-17-9/h3-6H,2H2,1H3,(H2,13,15)(H,14,16). The largest absolute Gasteiger partial charge is 0.459 e. The summed E-state index contributed by atoms with van der Waals surface area (Å²) in [5.41, 5.74) is 5.60. The summed E-state index contributed by atoms with van der Waals surface area (Å²) in [5.74, 6) is -0.760. The van der Waals surface area contributed by atoms with Crippen molar-refractivity contribution in [2.75, 3.05) is 5.32 Å². The fourth-order valence-corrected chi connectivity index (χ4v) is 2.46. The molecule has 94 valence electrons. The van der Waals surface area contributed by atoms with Crippen LogP contribution in [0.4, 0.5) is 5.00 Å². The number of anilines is 1. The number of carbonyl (C=O) groups excluding carboxylic acids is 2. The van der Waals surface area contributed by atoms with E-state index in [2.05, 4.69) is 5.32 Å². The lowest BCUT2D eigenvalue weighted by Gasteiger charge is -2.01. The average Bonchev–Trinajstić information content (AvgIpc) is 2.97. The first-order valence-corrected chi connectivity index (χ1v) is 6.20. The molecule has 2 aromatic rings. The van der Waals surface area contributed by atoms with Gasteiger partial charge in [-0.3, -0.25) is 9.59 Å². The molecule has 2 heterocycles. The summed E-state index contributed by atoms with van der Waals surface area (Å²) in [6.07, 6.45) is 2.19. The normalized spacial score (nSPS) is 10.3. The first-order valence-electron chi connectivity index (χ1n) is 5.39. The molecular weight excluding hydrogens is 252 g/mol. The molecule has 0 spiro atoms. The molecule has 6 heteroatoms. The van der Waals surface area contributed by atoms with E-state index >= 15 is 0 Å². The van der Waals surface area contributed by atoms with Crippen LogP contribution in [-0.4, -0.2) is 11.8 Å². The van der Waals surface area contributed by atoms with E-state index in [1.165, 1.54) is 17.6 Å². The van der Waals surface area contributed by atoms with Gasteiger partial charge < -0.3 is 15.5 Å². The summed E-state index contributed by atoms with van der Waals surface area (Å²) in [4.78, 5) is 24.1. The fraction of sp³-hybridized carbons (Fsp3) is 0.167. The van der Waals surface area contributed by atoms with E-state index in [1.54, 1.807) is 18.2 Å². The summed E-state index contributed by atoms with van der Waals surface area (Å²) in [7, 11) is 0. The molecule has 0 saturated carbocycles. The van der Waals surface area contributed by atoms with Gasteiger partial charge in [-0.2, -0.15) is 0 Å². The number of nitrogens with one attached hydrogen (secondary N) is 1. The van der Waals surface area contributed by atoms with Gasteiger partial charge in [0, 0.05) is 4.88 Å². The Labute approximate surface area is 108 Å². The maximum Gasteiger partial charge on any atom is 0.291 e. The second-order valence-electron chi connectivity index (χ2n) is 3.60. The van der Waals surface area contributed by atoms with Gasteiger partial charge in [0.15, 0.2) is 5.76 Å². The molecule has 0 atom stereocenters. The summed E-state index contributed by atoms with van der Waals surface area (Å²) >= 11 is 1.34. The summed E-state index contributed by atoms with van der Waals surface area (Å²) < 4.78 is 4.98. The van der Waals surface area contributed by atoms with Gasteiger partial charge in [0.2, 0.25) is 0 Å². The fourth-order valence-electron chi connectivity index (χ4n) is 1.46. The van der Waals surface area contributed by atoms with E-state index in [1.807, 2.05) is 6.92 Å². The van der Waals surface area contributed by atoms with E-state index in [9.17, 15) is 9.59 Å². The molecule has 2 amide bonds. The van der Waals surface area contributed by atoms with Gasteiger partial charge in [-0.05, 0) is 24.6 Å². The molecule has 3 N–H and O–H groups in total. The van der Waals surface area contributed by atoms with Gasteiger partial charge in [0.1, 0.15) is 5.00 Å². The van der Waals surface area contributed by atoms with Crippen LogP contribution in [-0.2, 0) is 6.42 Å². The van der Waals surface area contributed by atoms with Crippen LogP contribution in [0.2, 0.25) is 0 Å². The Kier molecular flexibility index (Phi) is 3.47. The number of aryl methyl sites for hydroxylation is 1. The van der Waals surface area contributed by atoms with E-state index in [-0.39, 0.29) is 5.76 Å². The third-order valence-electron chi connectivity index (χ3n) is 2.37. The van der Waals surface area contributed by atoms with Gasteiger partial charge in [0.25, 0.3) is 11.8 Å². The van der Waals surface area contributed by atoms with Gasteiger partial charge in [-0.1, -0.05) is 6.92 Å². The van der Waals surface area contributed by atoms with Crippen LogP contribution < -0.4 is 11.1 Å². The predicted molar refractivity (Wildman–Crippen MR) is 68.9 cm³/mol. The number of carbonyl (C=O) groups is 2. The van der Waals surface area contributed by atoms with Crippen molar-refractivity contribution in [3.63, 3.8) is 0 Å². The van der Waals surface area contributed by atoms with Crippen molar-refractivity contribution in [3.05, 3.63) is 40.7 Å². The number of hydrogen-bond acceptors (Lipinski definition) is 4. The highest BCUT2D eigenvalue weighted by Gasteiger charge is 2.17. The van der Waals surface area contributed by atoms with Gasteiger partial charge in [-0.25, -0.2) is 0 Å². The molecule has 0 aliphatic rings. The van der Waals surface area contributed by atoms with E-state index in [4.69, 9.17) is 10.2 Å². The number of hydrogen-bond donors (Lipinski definition) is 2. The Morgan fingerprint density at radius 2 is 2.28 bits per heavy atom. The molecule has 0 aromatic carbocycles. The van der Waals surface area contributed by atoms with E-state index in [0.717, 1.165) is 11.3 Å². The Morgan fingerprint density at radius 3 is 2.83 bits per heavy atom. The molecule has 18 heavy (non-hydrogen) atoms. The highest BCUT2D eigenvalue weighted by Crippen LogP contribution is 2.28. The topological polar surface area (TPSA) is 85.3 Å². The minimum absolute atomic E-state index is 0.192. The molecule has 0 bridgehead atoms. The van der Waals surface area contributed by atoms with Crippen LogP contribution in [0.25, 0.3) is 0 Å². The van der Waals surface area contributed by atoms with Crippen molar-refractivity contribution >= 4 is 28.2 Å². The van der Waals surface area contributed by atoms with Crippen molar-refractivity contribution in [1.29, 1.82) is 0 Å². The lowest BCUT2D eigenvalue weighted by molar-refractivity contribution is 0.0997. The molecule has 0 saturated heterocycles. The molecule has 5 nitrogen and oxygen atoms in total. The molecular formula is C12H12N2O3S. The molecule has 0 aliphatic carbocycles. The van der Waals surface area contributed by atoms with Crippen LogP contribution >= 0.6 is 11.3 Å². The lowest BCUT2D eigenvalue weighted by atomic mass is 10.2. The van der Waals surface area contributed by atoms with Gasteiger partial charge in [0.05, 0.1) is 11.8 Å². The maximum absolute atomic E-state index is 11.8. The number of thiophene rings is 1. The second kappa shape index (κ2) is 5.05. The SMILES string of the molecule is CCc1cc(C(N)=O)c(NC(=O)c2ccco2)s1. The number of nitrogens with two attached hydrogens (primary N) is 1. The minimum atomic E-state index is -0.555. The number of primary amides is 1. The molecule has 0 unspecified atom stereocenters. The third-order valence-corrected chi connectivity index (χ3v) is 3.56. The van der Waals surface area contributed by atoms with Crippen LogP contribution in [0.5, 0.6) is 0 Å². The van der Waals surface area contributed by atoms with Crippen LogP contribution in [0.1, 0.15) is 32.7 Å². The van der Waals surface area contributed by atoms with E-state index in [0.29, 0.717) is 10.6 Å². The summed E-state index contributed by atoms with van der Waals surface area (Å²) in [5, 5.41) is 3.09. The summed E-state index contributed by atoms with van der Waals surface area (Å²) in [6.45, 7) is 1.97. The maximum atomic E-state index is 11.8. The van der Waals surface area contributed by atoms with Crippen molar-refractivity contribution in [1.82, 2.24) is 0 Å². The first kappa shape index (κ1) is 12.4. The highest BCUT2D eigenvalue weighted by molar-refractivity contribution is 7.16. The molecule has 2 aromatic heterocycles. The molecule has 0 fully saturated rings. The molecule has 2 rings (SSSR count). The number of rotatable bonds is 4. The van der Waals surface area contributed by atoms with Crippen molar-refractivity contribution in [3.8, 4) is 0 Å². The van der Waals surface area contributed by atoms with Crippen LogP contribution in [0, 0.1) is 0 Å². The van der Waals surface area contributed by atoms with Crippen LogP contribution in [0.3, 0.4) is 0 Å². The Morgan fingerprint density at radius 1 is 1.50 bits per heavy atom. The smallest absolute Gasteiger partial charge is 0.291 e. The highest BCUT2D eigenvalue weighted by atomic mass is 32.1. The number of amides is 2. The summed E-state index contributed by atoms with van der Waals surface area (Å²) in [6, 6.07) is 4.87. The predicted octanol–water partition coefficient (Wildman–Crippen LogP) is 2.25. The lowest BCUT2D eigenvalue weighted by Crippen LogP contribution is -2.16. The minimum Gasteiger partial charge on any atom is -0.459 e. The van der Waals surface area contributed by atoms with E-state index < -0.39 is 11.8 Å². The van der Waals surface area contributed by atoms with Crippen molar-refractivity contribution in [2.24, 2.45) is 5.73 Å². The molecule has 0 radical (unpaired) electrons. The first-order chi connectivity index (χ1) is 8.61. The monoisotopic (exact) mass is 264 g/mol. The van der Waals surface area contributed by atoms with Gasteiger partial charge in [-0.15, -0.1) is 11.3 Å². The molecule has 0 aliphatic heterocycles. The zero-order chi connectivity index (χ0) is 13.1. The quantitative estimate of drug-likeness (QED) is 0.888. The van der Waals surface area contributed by atoms with Crippen molar-refractivity contribution in [2.45, 2.75) is 13.3 Å². The second-order valence-corrected chi connectivity index (χ2v) is 4.74. The van der Waals surface area contributed by atoms with Crippen molar-refractivity contribution < 1.29 is 14.0 Å². The van der Waals surface area contributed by atoms with Crippen LogP contribution in [0.15, 0.2) is 28.9 Å². The van der Waals surface area contributed by atoms with Gasteiger partial charge >= 0.3 is 0 Å². The zero-order valence-electron chi connectivity index (χ0n) is 9.73. The Balaban J connectivity index is 2.25. The third kappa shape index (κ3) is 2.43. The Hall–Kier alpha value is -2.08. The average molecular weight is 264 g/mol.